The van der Waals surface area contributed by atoms with Gasteiger partial charge in [0, 0.05) is 19.4 Å². The smallest absolute Gasteiger partial charge is 0.242 e. The van der Waals surface area contributed by atoms with E-state index in [0.717, 1.165) is 12.2 Å². The molecule has 20 heavy (non-hydrogen) atoms. The monoisotopic (exact) mass is 274 g/mol. The van der Waals surface area contributed by atoms with Gasteiger partial charge in [-0.15, -0.1) is 0 Å². The van der Waals surface area contributed by atoms with Crippen molar-refractivity contribution in [3.05, 3.63) is 29.3 Å². The van der Waals surface area contributed by atoms with Crippen LogP contribution in [0, 0.1) is 6.92 Å². The van der Waals surface area contributed by atoms with Crippen LogP contribution in [0.3, 0.4) is 0 Å². The molecular weight excluding hydrogens is 256 g/mol. The van der Waals surface area contributed by atoms with Gasteiger partial charge in [0.25, 0.3) is 0 Å². The summed E-state index contributed by atoms with van der Waals surface area (Å²) in [7, 11) is 0. The molecule has 2 heterocycles. The molecule has 1 aromatic carbocycles. The van der Waals surface area contributed by atoms with Crippen molar-refractivity contribution in [2.45, 2.75) is 25.9 Å². The van der Waals surface area contributed by atoms with Crippen molar-refractivity contribution in [2.24, 2.45) is 0 Å². The maximum Gasteiger partial charge on any atom is 0.242 e. The molecule has 2 aliphatic rings. The van der Waals surface area contributed by atoms with Gasteiger partial charge in [-0.05, 0) is 18.6 Å². The van der Waals surface area contributed by atoms with Gasteiger partial charge in [-0.3, -0.25) is 9.59 Å². The minimum atomic E-state index is -0.0629. The number of benzene rings is 1. The Morgan fingerprint density at radius 3 is 3.10 bits per heavy atom. The summed E-state index contributed by atoms with van der Waals surface area (Å²) >= 11 is 0. The van der Waals surface area contributed by atoms with Gasteiger partial charge < -0.3 is 15.0 Å². The summed E-state index contributed by atoms with van der Waals surface area (Å²) in [4.78, 5) is 25.0. The predicted octanol–water partition coefficient (Wildman–Crippen LogP) is 0.647. The number of fused-ring (bicyclic) bond motifs is 1. The van der Waals surface area contributed by atoms with Crippen LogP contribution in [-0.2, 0) is 16.0 Å². The zero-order valence-electron chi connectivity index (χ0n) is 11.5. The first kappa shape index (κ1) is 13.0. The molecule has 1 atom stereocenters. The Labute approximate surface area is 117 Å². The first-order valence-corrected chi connectivity index (χ1v) is 6.92. The molecule has 2 amide bonds. The third kappa shape index (κ3) is 2.61. The number of amides is 2. The lowest BCUT2D eigenvalue weighted by atomic mass is 10.1. The second kappa shape index (κ2) is 5.15. The van der Waals surface area contributed by atoms with Crippen molar-refractivity contribution < 1.29 is 14.3 Å². The second-order valence-electron chi connectivity index (χ2n) is 5.42. The summed E-state index contributed by atoms with van der Waals surface area (Å²) in [6.07, 6.45) is 1.18. The minimum Gasteiger partial charge on any atom is -0.488 e. The highest BCUT2D eigenvalue weighted by Crippen LogP contribution is 2.29. The molecule has 0 aromatic heterocycles. The van der Waals surface area contributed by atoms with Crippen LogP contribution < -0.4 is 10.1 Å². The lowest BCUT2D eigenvalue weighted by molar-refractivity contribution is -0.131. The Morgan fingerprint density at radius 1 is 1.40 bits per heavy atom. The number of aryl methyl sites for hydroxylation is 1. The van der Waals surface area contributed by atoms with Crippen LogP contribution in [0.1, 0.15) is 17.5 Å². The minimum absolute atomic E-state index is 0.0102. The summed E-state index contributed by atoms with van der Waals surface area (Å²) in [5.74, 6) is 0.816. The SMILES string of the molecule is Cc1ccc2c(c1)CC(CN1CCC(=O)NCC1=O)O2. The van der Waals surface area contributed by atoms with Crippen molar-refractivity contribution in [1.29, 1.82) is 0 Å². The molecule has 5 nitrogen and oxygen atoms in total. The molecule has 1 saturated heterocycles. The third-order valence-corrected chi connectivity index (χ3v) is 3.78. The molecule has 3 rings (SSSR count). The standard InChI is InChI=1S/C15H18N2O3/c1-10-2-3-13-11(6-10)7-12(20-13)9-17-5-4-14(18)16-8-15(17)19/h2-3,6,12H,4-5,7-9H2,1H3,(H,16,18). The number of carbonyl (C=O) groups is 2. The van der Waals surface area contributed by atoms with E-state index in [-0.39, 0.29) is 24.5 Å². The number of hydrogen-bond donors (Lipinski definition) is 1. The van der Waals surface area contributed by atoms with Gasteiger partial charge in [0.05, 0.1) is 13.1 Å². The van der Waals surface area contributed by atoms with Gasteiger partial charge in [-0.25, -0.2) is 0 Å². The van der Waals surface area contributed by atoms with Gasteiger partial charge in [0.2, 0.25) is 11.8 Å². The topological polar surface area (TPSA) is 58.6 Å². The fourth-order valence-corrected chi connectivity index (χ4v) is 2.73. The van der Waals surface area contributed by atoms with E-state index in [1.165, 1.54) is 11.1 Å². The molecule has 1 N–H and O–H groups in total. The molecule has 2 aliphatic heterocycles. The zero-order valence-corrected chi connectivity index (χ0v) is 11.5. The molecular formula is C15H18N2O3. The zero-order chi connectivity index (χ0) is 14.1. The van der Waals surface area contributed by atoms with Crippen LogP contribution in [0.5, 0.6) is 5.75 Å². The summed E-state index contributed by atoms with van der Waals surface area (Å²) in [5.41, 5.74) is 2.42. The van der Waals surface area contributed by atoms with Gasteiger partial charge in [0.1, 0.15) is 11.9 Å². The molecule has 0 bridgehead atoms. The van der Waals surface area contributed by atoms with E-state index in [1.807, 2.05) is 12.1 Å². The normalized spacial score (nSPS) is 22.1. The van der Waals surface area contributed by atoms with Gasteiger partial charge in [-0.1, -0.05) is 17.7 Å². The fraction of sp³-hybridized carbons (Fsp3) is 0.467. The highest BCUT2D eigenvalue weighted by Gasteiger charge is 2.28. The summed E-state index contributed by atoms with van der Waals surface area (Å²) in [6.45, 7) is 3.17. The number of hydrogen-bond acceptors (Lipinski definition) is 3. The van der Waals surface area contributed by atoms with E-state index in [2.05, 4.69) is 18.3 Å². The molecule has 1 fully saturated rings. The quantitative estimate of drug-likeness (QED) is 0.861. The Bertz CT molecular complexity index is 556. The lowest BCUT2D eigenvalue weighted by Gasteiger charge is -2.23. The highest BCUT2D eigenvalue weighted by molar-refractivity contribution is 5.87. The number of rotatable bonds is 2. The molecule has 0 radical (unpaired) electrons. The van der Waals surface area contributed by atoms with Crippen LogP contribution in [0.15, 0.2) is 18.2 Å². The van der Waals surface area contributed by atoms with Crippen LogP contribution in [0.4, 0.5) is 0 Å². The average molecular weight is 274 g/mol. The molecule has 0 spiro atoms. The lowest BCUT2D eigenvalue weighted by Crippen LogP contribution is -2.41. The van der Waals surface area contributed by atoms with Crippen LogP contribution in [0.25, 0.3) is 0 Å². The van der Waals surface area contributed by atoms with Crippen molar-refractivity contribution in [2.75, 3.05) is 19.6 Å². The van der Waals surface area contributed by atoms with Crippen molar-refractivity contribution in [1.82, 2.24) is 10.2 Å². The van der Waals surface area contributed by atoms with Crippen molar-refractivity contribution in [3.8, 4) is 5.75 Å². The summed E-state index contributed by atoms with van der Waals surface area (Å²) in [5, 5.41) is 2.60. The van der Waals surface area contributed by atoms with Crippen LogP contribution >= 0.6 is 0 Å². The van der Waals surface area contributed by atoms with E-state index in [9.17, 15) is 9.59 Å². The Hall–Kier alpha value is -2.04. The maximum absolute atomic E-state index is 11.9. The highest BCUT2D eigenvalue weighted by atomic mass is 16.5. The van der Waals surface area contributed by atoms with Gasteiger partial charge in [-0.2, -0.15) is 0 Å². The molecule has 106 valence electrons. The number of nitrogens with one attached hydrogen (secondary N) is 1. The van der Waals surface area contributed by atoms with Crippen molar-refractivity contribution in [3.63, 3.8) is 0 Å². The van der Waals surface area contributed by atoms with Crippen LogP contribution in [0.2, 0.25) is 0 Å². The Balaban J connectivity index is 1.65. The third-order valence-electron chi connectivity index (χ3n) is 3.78. The molecule has 0 aliphatic carbocycles. The Morgan fingerprint density at radius 2 is 2.25 bits per heavy atom. The Kier molecular flexibility index (Phi) is 3.34. The van der Waals surface area contributed by atoms with E-state index in [0.29, 0.717) is 19.5 Å². The second-order valence-corrected chi connectivity index (χ2v) is 5.42. The maximum atomic E-state index is 11.9. The molecule has 0 saturated carbocycles. The van der Waals surface area contributed by atoms with E-state index in [1.54, 1.807) is 4.90 Å². The van der Waals surface area contributed by atoms with E-state index in [4.69, 9.17) is 4.74 Å². The largest absolute Gasteiger partial charge is 0.488 e. The molecule has 5 heteroatoms. The fourth-order valence-electron chi connectivity index (χ4n) is 2.73. The predicted molar refractivity (Wildman–Crippen MR) is 73.5 cm³/mol. The van der Waals surface area contributed by atoms with E-state index < -0.39 is 0 Å². The summed E-state index contributed by atoms with van der Waals surface area (Å²) in [6, 6.07) is 6.14. The number of carbonyl (C=O) groups excluding carboxylic acids is 2. The molecule has 1 aromatic rings. The number of ether oxygens (including phenoxy) is 1. The van der Waals surface area contributed by atoms with Gasteiger partial charge in [0.15, 0.2) is 0 Å². The van der Waals surface area contributed by atoms with Crippen molar-refractivity contribution >= 4 is 11.8 Å². The number of nitrogens with zero attached hydrogens (tertiary/aromatic N) is 1. The first-order chi connectivity index (χ1) is 9.61. The molecule has 1 unspecified atom stereocenters. The first-order valence-electron chi connectivity index (χ1n) is 6.92. The van der Waals surface area contributed by atoms with E-state index >= 15 is 0 Å². The average Bonchev–Trinajstić information content (AvgIpc) is 2.74. The summed E-state index contributed by atoms with van der Waals surface area (Å²) < 4.78 is 5.88. The van der Waals surface area contributed by atoms with Crippen LogP contribution in [-0.4, -0.2) is 42.5 Å². The van der Waals surface area contributed by atoms with Gasteiger partial charge >= 0.3 is 0 Å².